The molecule has 0 spiro atoms. The van der Waals surface area contributed by atoms with Crippen molar-refractivity contribution in [1.82, 2.24) is 0 Å². The van der Waals surface area contributed by atoms with E-state index in [2.05, 4.69) is 15.9 Å². The lowest BCUT2D eigenvalue weighted by Gasteiger charge is -2.16. The predicted molar refractivity (Wildman–Crippen MR) is 87.6 cm³/mol. The van der Waals surface area contributed by atoms with Gasteiger partial charge in [-0.3, -0.25) is 0 Å². The van der Waals surface area contributed by atoms with Gasteiger partial charge in [-0.2, -0.15) is 0 Å². The van der Waals surface area contributed by atoms with Gasteiger partial charge in [0.1, 0.15) is 5.75 Å². The Morgan fingerprint density at radius 1 is 1.25 bits per heavy atom. The highest BCUT2D eigenvalue weighted by molar-refractivity contribution is 9.10. The third-order valence-electron chi connectivity index (χ3n) is 3.15. The number of halogens is 1. The van der Waals surface area contributed by atoms with E-state index in [-0.39, 0.29) is 0 Å². The van der Waals surface area contributed by atoms with Gasteiger partial charge < -0.3 is 9.84 Å². The van der Waals surface area contributed by atoms with E-state index in [4.69, 9.17) is 4.74 Å². The molecular weight excluding hydrogens is 336 g/mol. The van der Waals surface area contributed by atoms with Crippen LogP contribution >= 0.6 is 27.7 Å². The van der Waals surface area contributed by atoms with E-state index in [0.29, 0.717) is 6.42 Å². The summed E-state index contributed by atoms with van der Waals surface area (Å²) in [5.74, 6) is 0.800. The van der Waals surface area contributed by atoms with Crippen molar-refractivity contribution < 1.29 is 9.84 Å². The van der Waals surface area contributed by atoms with E-state index in [1.165, 1.54) is 0 Å². The molecule has 2 rings (SSSR count). The Bertz CT molecular complexity index is 586. The maximum atomic E-state index is 10.5. The molecule has 1 atom stereocenters. The number of rotatable bonds is 5. The molecule has 1 N–H and O–H groups in total. The summed E-state index contributed by atoms with van der Waals surface area (Å²) in [4.78, 5) is 1.11. The van der Waals surface area contributed by atoms with Gasteiger partial charge in [-0.1, -0.05) is 34.1 Å². The van der Waals surface area contributed by atoms with Crippen LogP contribution in [-0.2, 0) is 6.42 Å². The first-order chi connectivity index (χ1) is 9.65. The van der Waals surface area contributed by atoms with Crippen molar-refractivity contribution in [2.45, 2.75) is 17.4 Å². The number of thioether (sulfide) groups is 1. The number of benzene rings is 2. The number of hydrogen-bond donors (Lipinski definition) is 1. The second-order valence-electron chi connectivity index (χ2n) is 4.42. The molecule has 0 fully saturated rings. The molecule has 0 aliphatic heterocycles. The van der Waals surface area contributed by atoms with Crippen molar-refractivity contribution in [2.75, 3.05) is 13.4 Å². The van der Waals surface area contributed by atoms with Crippen LogP contribution in [-0.4, -0.2) is 18.5 Å². The fourth-order valence-corrected chi connectivity index (χ4v) is 3.23. The van der Waals surface area contributed by atoms with Crippen LogP contribution in [0.2, 0.25) is 0 Å². The van der Waals surface area contributed by atoms with Gasteiger partial charge in [-0.05, 0) is 41.6 Å². The van der Waals surface area contributed by atoms with Crippen LogP contribution < -0.4 is 4.74 Å². The Morgan fingerprint density at radius 2 is 2.00 bits per heavy atom. The third-order valence-corrected chi connectivity index (χ3v) is 4.46. The lowest BCUT2D eigenvalue weighted by Crippen LogP contribution is -2.04. The van der Waals surface area contributed by atoms with Crippen LogP contribution in [0, 0.1) is 0 Å². The van der Waals surface area contributed by atoms with Gasteiger partial charge in [0.2, 0.25) is 0 Å². The highest BCUT2D eigenvalue weighted by Crippen LogP contribution is 2.31. The molecule has 0 radical (unpaired) electrons. The Labute approximate surface area is 132 Å². The molecule has 2 aromatic carbocycles. The molecule has 0 bridgehead atoms. The summed E-state index contributed by atoms with van der Waals surface area (Å²) in [7, 11) is 1.65. The summed E-state index contributed by atoms with van der Waals surface area (Å²) < 4.78 is 6.34. The first-order valence-electron chi connectivity index (χ1n) is 6.29. The molecule has 1 unspecified atom stereocenters. The summed E-state index contributed by atoms with van der Waals surface area (Å²) in [6, 6.07) is 13.8. The van der Waals surface area contributed by atoms with Crippen LogP contribution in [0.5, 0.6) is 5.75 Å². The van der Waals surface area contributed by atoms with Crippen molar-refractivity contribution in [2.24, 2.45) is 0 Å². The second kappa shape index (κ2) is 7.16. The maximum absolute atomic E-state index is 10.5. The number of aliphatic hydroxyl groups is 1. The lowest BCUT2D eigenvalue weighted by atomic mass is 10.0. The molecule has 0 aliphatic rings. The SMILES string of the molecule is COc1ccc(Br)cc1CC(O)c1ccccc1SC. The van der Waals surface area contributed by atoms with E-state index in [1.54, 1.807) is 18.9 Å². The van der Waals surface area contributed by atoms with Crippen LogP contribution in [0.3, 0.4) is 0 Å². The van der Waals surface area contributed by atoms with E-state index in [1.807, 2.05) is 48.7 Å². The molecule has 0 aliphatic carbocycles. The van der Waals surface area contributed by atoms with Crippen LogP contribution in [0.1, 0.15) is 17.2 Å². The van der Waals surface area contributed by atoms with E-state index >= 15 is 0 Å². The predicted octanol–water partition coefficient (Wildman–Crippen LogP) is 4.46. The minimum Gasteiger partial charge on any atom is -0.496 e. The van der Waals surface area contributed by atoms with Crippen molar-refractivity contribution in [3.63, 3.8) is 0 Å². The molecule has 106 valence electrons. The zero-order chi connectivity index (χ0) is 14.5. The largest absolute Gasteiger partial charge is 0.496 e. The number of ether oxygens (including phenoxy) is 1. The van der Waals surface area contributed by atoms with E-state index in [0.717, 1.165) is 26.2 Å². The third kappa shape index (κ3) is 3.57. The molecule has 4 heteroatoms. The average Bonchev–Trinajstić information content (AvgIpc) is 2.47. The minimum absolute atomic E-state index is 0.528. The molecule has 2 aromatic rings. The monoisotopic (exact) mass is 352 g/mol. The van der Waals surface area contributed by atoms with Gasteiger partial charge in [0.05, 0.1) is 13.2 Å². The average molecular weight is 353 g/mol. The number of hydrogen-bond acceptors (Lipinski definition) is 3. The van der Waals surface area contributed by atoms with Gasteiger partial charge in [0, 0.05) is 15.8 Å². The second-order valence-corrected chi connectivity index (χ2v) is 6.18. The Hall–Kier alpha value is -0.970. The molecule has 0 amide bonds. The molecule has 0 heterocycles. The summed E-state index contributed by atoms with van der Waals surface area (Å²) >= 11 is 5.11. The quantitative estimate of drug-likeness (QED) is 0.805. The van der Waals surface area contributed by atoms with Crippen LogP contribution in [0.25, 0.3) is 0 Å². The van der Waals surface area contributed by atoms with Gasteiger partial charge in [0.25, 0.3) is 0 Å². The molecule has 0 saturated carbocycles. The standard InChI is InChI=1S/C16H17BrO2S/c1-19-15-8-7-12(17)9-11(15)10-14(18)13-5-3-4-6-16(13)20-2/h3-9,14,18H,10H2,1-2H3. The maximum Gasteiger partial charge on any atom is 0.122 e. The number of methoxy groups -OCH3 is 1. The topological polar surface area (TPSA) is 29.5 Å². The number of aliphatic hydroxyl groups excluding tert-OH is 1. The van der Waals surface area contributed by atoms with Gasteiger partial charge >= 0.3 is 0 Å². The highest BCUT2D eigenvalue weighted by Gasteiger charge is 2.15. The Kier molecular flexibility index (Phi) is 5.52. The molecule has 0 aromatic heterocycles. The van der Waals surface area contributed by atoms with Crippen molar-refractivity contribution in [3.8, 4) is 5.75 Å². The van der Waals surface area contributed by atoms with Crippen LogP contribution in [0.15, 0.2) is 51.8 Å². The van der Waals surface area contributed by atoms with Gasteiger partial charge in [-0.25, -0.2) is 0 Å². The summed E-state index contributed by atoms with van der Waals surface area (Å²) in [5, 5.41) is 10.5. The molecular formula is C16H17BrO2S. The van der Waals surface area contributed by atoms with Crippen LogP contribution in [0.4, 0.5) is 0 Å². The van der Waals surface area contributed by atoms with E-state index in [9.17, 15) is 5.11 Å². The van der Waals surface area contributed by atoms with Crippen molar-refractivity contribution in [1.29, 1.82) is 0 Å². The smallest absolute Gasteiger partial charge is 0.122 e. The molecule has 2 nitrogen and oxygen atoms in total. The minimum atomic E-state index is -0.540. The zero-order valence-corrected chi connectivity index (χ0v) is 13.9. The summed E-state index contributed by atoms with van der Waals surface area (Å²) in [6.07, 6.45) is 2.01. The van der Waals surface area contributed by atoms with Crippen molar-refractivity contribution >= 4 is 27.7 Å². The summed E-state index contributed by atoms with van der Waals surface area (Å²) in [5.41, 5.74) is 1.95. The van der Waals surface area contributed by atoms with Gasteiger partial charge in [0.15, 0.2) is 0 Å². The summed E-state index contributed by atoms with van der Waals surface area (Å²) in [6.45, 7) is 0. The van der Waals surface area contributed by atoms with E-state index < -0.39 is 6.10 Å². The molecule has 20 heavy (non-hydrogen) atoms. The lowest BCUT2D eigenvalue weighted by molar-refractivity contribution is 0.174. The normalized spacial score (nSPS) is 12.2. The van der Waals surface area contributed by atoms with Crippen molar-refractivity contribution in [3.05, 3.63) is 58.1 Å². The Balaban J connectivity index is 2.27. The first-order valence-corrected chi connectivity index (χ1v) is 8.31. The fraction of sp³-hybridized carbons (Fsp3) is 0.250. The Morgan fingerprint density at radius 3 is 2.70 bits per heavy atom. The van der Waals surface area contributed by atoms with Gasteiger partial charge in [-0.15, -0.1) is 11.8 Å². The highest BCUT2D eigenvalue weighted by atomic mass is 79.9. The molecule has 0 saturated heterocycles. The fourth-order valence-electron chi connectivity index (χ4n) is 2.17. The zero-order valence-electron chi connectivity index (χ0n) is 11.5. The first kappa shape index (κ1) is 15.4.